The van der Waals surface area contributed by atoms with E-state index in [1.165, 1.54) is 23.5 Å². The Morgan fingerprint density at radius 3 is 2.61 bits per heavy atom. The van der Waals surface area contributed by atoms with Gasteiger partial charge < -0.3 is 0 Å². The smallest absolute Gasteiger partial charge is 0.269 e. The number of hydrogen-bond donors (Lipinski definition) is 0. The van der Waals surface area contributed by atoms with Crippen molar-refractivity contribution in [1.29, 1.82) is 0 Å². The van der Waals surface area contributed by atoms with Crippen molar-refractivity contribution < 1.29 is 9.72 Å². The summed E-state index contributed by atoms with van der Waals surface area (Å²) in [4.78, 5) is 25.5. The Kier molecular flexibility index (Phi) is 3.69. The van der Waals surface area contributed by atoms with Crippen molar-refractivity contribution in [2.24, 2.45) is 0 Å². The van der Waals surface area contributed by atoms with Gasteiger partial charge in [0.15, 0.2) is 5.78 Å². The number of carbonyl (C=O) groups excluding carboxylic acids is 1. The van der Waals surface area contributed by atoms with Crippen LogP contribution in [-0.4, -0.2) is 21.6 Å². The molecule has 2 rings (SSSR count). The van der Waals surface area contributed by atoms with Gasteiger partial charge in [-0.05, 0) is 12.1 Å². The van der Waals surface area contributed by atoms with E-state index in [9.17, 15) is 14.9 Å². The zero-order valence-corrected chi connectivity index (χ0v) is 10.6. The highest BCUT2D eigenvalue weighted by atomic mass is 35.5. The van der Waals surface area contributed by atoms with E-state index < -0.39 is 4.92 Å². The molecule has 0 aliphatic heterocycles. The summed E-state index contributed by atoms with van der Waals surface area (Å²) in [5, 5.41) is 12.8. The predicted molar refractivity (Wildman–Crippen MR) is 69.3 cm³/mol. The molecular formula is C11H7ClN2O3S. The molecule has 0 atom stereocenters. The zero-order chi connectivity index (χ0) is 13.1. The molecule has 0 fully saturated rings. The topological polar surface area (TPSA) is 73.1 Å². The van der Waals surface area contributed by atoms with Crippen LogP contribution in [0.1, 0.15) is 10.5 Å². The molecule has 92 valence electrons. The van der Waals surface area contributed by atoms with E-state index in [4.69, 9.17) is 11.6 Å². The number of nitro benzene ring substituents is 1. The van der Waals surface area contributed by atoms with Gasteiger partial charge >= 0.3 is 0 Å². The zero-order valence-electron chi connectivity index (χ0n) is 9.00. The lowest BCUT2D eigenvalue weighted by Crippen LogP contribution is -2.00. The average molecular weight is 283 g/mol. The van der Waals surface area contributed by atoms with Crippen LogP contribution in [0.4, 0.5) is 5.69 Å². The summed E-state index contributed by atoms with van der Waals surface area (Å²) in [6.45, 7) is 0. The Morgan fingerprint density at radius 2 is 2.06 bits per heavy atom. The fourth-order valence-electron chi connectivity index (χ4n) is 1.33. The SMILES string of the molecule is O=C(CCl)c1csc(-c2ccc([N+](=O)[O-])cc2)n1. The Morgan fingerprint density at radius 1 is 1.39 bits per heavy atom. The van der Waals surface area contributed by atoms with Crippen LogP contribution in [0.25, 0.3) is 10.6 Å². The van der Waals surface area contributed by atoms with Crippen LogP contribution in [0, 0.1) is 10.1 Å². The molecule has 0 saturated carbocycles. The third kappa shape index (κ3) is 2.55. The molecule has 0 unspecified atom stereocenters. The van der Waals surface area contributed by atoms with Crippen LogP contribution in [0.5, 0.6) is 0 Å². The van der Waals surface area contributed by atoms with E-state index in [1.807, 2.05) is 0 Å². The van der Waals surface area contributed by atoms with E-state index in [0.29, 0.717) is 10.7 Å². The number of nitrogens with zero attached hydrogens (tertiary/aromatic N) is 2. The Balaban J connectivity index is 2.29. The lowest BCUT2D eigenvalue weighted by atomic mass is 10.2. The number of benzene rings is 1. The standard InChI is InChI=1S/C11H7ClN2O3S/c12-5-10(15)9-6-18-11(13-9)7-1-3-8(4-2-7)14(16)17/h1-4,6H,5H2. The lowest BCUT2D eigenvalue weighted by molar-refractivity contribution is -0.384. The maximum absolute atomic E-state index is 11.3. The Bertz CT molecular complexity index is 595. The molecule has 0 amide bonds. The number of carbonyl (C=O) groups is 1. The molecule has 0 saturated heterocycles. The van der Waals surface area contributed by atoms with Crippen LogP contribution in [0.2, 0.25) is 0 Å². The number of ketones is 1. The van der Waals surface area contributed by atoms with Crippen molar-refractivity contribution in [3.8, 4) is 10.6 Å². The monoisotopic (exact) mass is 282 g/mol. The van der Waals surface area contributed by atoms with Crippen LogP contribution in [-0.2, 0) is 0 Å². The van der Waals surface area contributed by atoms with Crippen LogP contribution in [0.3, 0.4) is 0 Å². The van der Waals surface area contributed by atoms with Crippen molar-refractivity contribution >= 4 is 34.4 Å². The van der Waals surface area contributed by atoms with Crippen LogP contribution in [0.15, 0.2) is 29.6 Å². The van der Waals surface area contributed by atoms with Crippen molar-refractivity contribution in [2.45, 2.75) is 0 Å². The minimum Gasteiger partial charge on any atom is -0.291 e. The molecule has 0 spiro atoms. The van der Waals surface area contributed by atoms with Gasteiger partial charge in [-0.15, -0.1) is 22.9 Å². The summed E-state index contributed by atoms with van der Waals surface area (Å²) in [7, 11) is 0. The largest absolute Gasteiger partial charge is 0.291 e. The maximum atomic E-state index is 11.3. The second-order valence-electron chi connectivity index (χ2n) is 3.40. The first-order valence-electron chi connectivity index (χ1n) is 4.91. The van der Waals surface area contributed by atoms with Gasteiger partial charge in [-0.25, -0.2) is 4.98 Å². The molecule has 2 aromatic rings. The molecule has 0 radical (unpaired) electrons. The number of nitro groups is 1. The molecule has 0 aliphatic carbocycles. The second kappa shape index (κ2) is 5.24. The van der Waals surface area contributed by atoms with E-state index in [0.717, 1.165) is 5.56 Å². The normalized spacial score (nSPS) is 10.3. The first-order chi connectivity index (χ1) is 8.61. The third-order valence-corrected chi connectivity index (χ3v) is 3.37. The molecule has 1 heterocycles. The van der Waals surface area contributed by atoms with Gasteiger partial charge in [0.1, 0.15) is 10.7 Å². The summed E-state index contributed by atoms with van der Waals surface area (Å²) in [5.74, 6) is -0.343. The number of aromatic nitrogens is 1. The number of hydrogen-bond acceptors (Lipinski definition) is 5. The van der Waals surface area contributed by atoms with Crippen molar-refractivity contribution in [2.75, 3.05) is 5.88 Å². The van der Waals surface area contributed by atoms with Gasteiger partial charge in [-0.1, -0.05) is 0 Å². The number of Topliss-reactive ketones (excluding diaryl/α,β-unsaturated/α-hetero) is 1. The van der Waals surface area contributed by atoms with Crippen LogP contribution < -0.4 is 0 Å². The maximum Gasteiger partial charge on any atom is 0.269 e. The average Bonchev–Trinajstić information content (AvgIpc) is 2.87. The molecule has 0 aliphatic rings. The highest BCUT2D eigenvalue weighted by Gasteiger charge is 2.11. The van der Waals surface area contributed by atoms with Gasteiger partial charge in [-0.2, -0.15) is 0 Å². The van der Waals surface area contributed by atoms with Gasteiger partial charge in [0.2, 0.25) is 0 Å². The summed E-state index contributed by atoms with van der Waals surface area (Å²) < 4.78 is 0. The Hall–Kier alpha value is -1.79. The lowest BCUT2D eigenvalue weighted by Gasteiger charge is -1.95. The number of halogens is 1. The second-order valence-corrected chi connectivity index (χ2v) is 4.52. The molecule has 5 nitrogen and oxygen atoms in total. The van der Waals surface area contributed by atoms with E-state index in [1.54, 1.807) is 17.5 Å². The number of thiazole rings is 1. The van der Waals surface area contributed by atoms with Crippen LogP contribution >= 0.6 is 22.9 Å². The quantitative estimate of drug-likeness (QED) is 0.374. The molecule has 7 heteroatoms. The third-order valence-electron chi connectivity index (χ3n) is 2.24. The Labute approximate surface area is 111 Å². The molecular weight excluding hydrogens is 276 g/mol. The van der Waals surface area contributed by atoms with E-state index in [-0.39, 0.29) is 17.4 Å². The highest BCUT2D eigenvalue weighted by Crippen LogP contribution is 2.25. The fourth-order valence-corrected chi connectivity index (χ4v) is 2.30. The van der Waals surface area contributed by atoms with Gasteiger partial charge in [0.25, 0.3) is 5.69 Å². The summed E-state index contributed by atoms with van der Waals surface area (Å²) in [6, 6.07) is 6.01. The number of non-ortho nitro benzene ring substituents is 1. The molecule has 1 aromatic carbocycles. The van der Waals surface area contributed by atoms with Gasteiger partial charge in [-0.3, -0.25) is 14.9 Å². The number of alkyl halides is 1. The van der Waals surface area contributed by atoms with Crippen molar-refractivity contribution in [3.63, 3.8) is 0 Å². The van der Waals surface area contributed by atoms with E-state index in [2.05, 4.69) is 4.98 Å². The minimum atomic E-state index is -0.464. The van der Waals surface area contributed by atoms with Gasteiger partial charge in [0, 0.05) is 23.1 Å². The summed E-state index contributed by atoms with van der Waals surface area (Å²) in [6.07, 6.45) is 0. The molecule has 0 N–H and O–H groups in total. The van der Waals surface area contributed by atoms with Gasteiger partial charge in [0.05, 0.1) is 10.8 Å². The summed E-state index contributed by atoms with van der Waals surface area (Å²) in [5.41, 5.74) is 1.08. The molecule has 1 aromatic heterocycles. The first-order valence-corrected chi connectivity index (χ1v) is 6.32. The first kappa shape index (κ1) is 12.7. The minimum absolute atomic E-state index is 0.0207. The van der Waals surface area contributed by atoms with Crippen molar-refractivity contribution in [1.82, 2.24) is 4.98 Å². The molecule has 18 heavy (non-hydrogen) atoms. The highest BCUT2D eigenvalue weighted by molar-refractivity contribution is 7.13. The van der Waals surface area contributed by atoms with Crippen molar-refractivity contribution in [3.05, 3.63) is 45.5 Å². The molecule has 0 bridgehead atoms. The number of rotatable bonds is 4. The van der Waals surface area contributed by atoms with E-state index >= 15 is 0 Å². The fraction of sp³-hybridized carbons (Fsp3) is 0.0909. The summed E-state index contributed by atoms with van der Waals surface area (Å²) >= 11 is 6.74. The predicted octanol–water partition coefficient (Wildman–Crippen LogP) is 3.14.